The summed E-state index contributed by atoms with van der Waals surface area (Å²) in [6.45, 7) is 5.44. The number of carbonyl (C=O) groups is 1. The van der Waals surface area contributed by atoms with Crippen LogP contribution in [-0.4, -0.2) is 33.7 Å². The van der Waals surface area contributed by atoms with E-state index in [2.05, 4.69) is 5.10 Å². The van der Waals surface area contributed by atoms with Gasteiger partial charge in [0.2, 0.25) is 0 Å². The monoisotopic (exact) mass is 323 g/mol. The number of para-hydroxylation sites is 1. The van der Waals surface area contributed by atoms with Gasteiger partial charge in [0.25, 0.3) is 5.91 Å². The normalized spacial score (nSPS) is 18.2. The highest BCUT2D eigenvalue weighted by molar-refractivity contribution is 5.98. The minimum absolute atomic E-state index is 0.0164. The van der Waals surface area contributed by atoms with E-state index in [1.165, 1.54) is 0 Å². The lowest BCUT2D eigenvalue weighted by Gasteiger charge is -2.32. The van der Waals surface area contributed by atoms with Crippen LogP contribution >= 0.6 is 0 Å². The van der Waals surface area contributed by atoms with Crippen LogP contribution in [0, 0.1) is 13.8 Å². The maximum atomic E-state index is 13.0. The van der Waals surface area contributed by atoms with Crippen molar-refractivity contribution in [1.29, 1.82) is 0 Å². The van der Waals surface area contributed by atoms with Gasteiger partial charge >= 0.3 is 0 Å². The number of furan rings is 1. The van der Waals surface area contributed by atoms with Crippen molar-refractivity contribution in [3.63, 3.8) is 0 Å². The molecule has 1 saturated heterocycles. The Balaban J connectivity index is 1.60. The Bertz CT molecular complexity index is 893. The SMILES string of the molecule is Cc1cnn([C@H]2CCCN(C(=O)c3oc4ccccc4c3C)C2)c1. The zero-order valence-electron chi connectivity index (χ0n) is 14.0. The van der Waals surface area contributed by atoms with Gasteiger partial charge in [-0.15, -0.1) is 0 Å². The molecule has 2 aromatic heterocycles. The fourth-order valence-electron chi connectivity index (χ4n) is 3.51. The summed E-state index contributed by atoms with van der Waals surface area (Å²) in [7, 11) is 0. The van der Waals surface area contributed by atoms with Crippen LogP contribution in [0.2, 0.25) is 0 Å². The molecule has 0 spiro atoms. The van der Waals surface area contributed by atoms with E-state index in [1.54, 1.807) is 0 Å². The Kier molecular flexibility index (Phi) is 3.63. The number of benzene rings is 1. The smallest absolute Gasteiger partial charge is 0.289 e. The average molecular weight is 323 g/mol. The first-order valence-corrected chi connectivity index (χ1v) is 8.41. The molecule has 124 valence electrons. The summed E-state index contributed by atoms with van der Waals surface area (Å²) in [6.07, 6.45) is 5.94. The van der Waals surface area contributed by atoms with E-state index in [0.29, 0.717) is 12.3 Å². The first-order chi connectivity index (χ1) is 11.6. The molecular formula is C19H21N3O2. The third-order valence-electron chi connectivity index (χ3n) is 4.83. The molecule has 1 aliphatic rings. The van der Waals surface area contributed by atoms with Crippen molar-refractivity contribution in [1.82, 2.24) is 14.7 Å². The molecule has 0 saturated carbocycles. The van der Waals surface area contributed by atoms with Crippen LogP contribution in [0.1, 0.15) is 40.6 Å². The van der Waals surface area contributed by atoms with Crippen LogP contribution < -0.4 is 0 Å². The summed E-state index contributed by atoms with van der Waals surface area (Å²) in [4.78, 5) is 14.9. The molecule has 5 heteroatoms. The van der Waals surface area contributed by atoms with Crippen LogP contribution in [0.25, 0.3) is 11.0 Å². The number of fused-ring (bicyclic) bond motifs is 1. The van der Waals surface area contributed by atoms with Gasteiger partial charge in [-0.1, -0.05) is 18.2 Å². The molecule has 0 unspecified atom stereocenters. The fraction of sp³-hybridized carbons (Fsp3) is 0.368. The summed E-state index contributed by atoms with van der Waals surface area (Å²) >= 11 is 0. The van der Waals surface area contributed by atoms with Crippen molar-refractivity contribution in [3.8, 4) is 0 Å². The quantitative estimate of drug-likeness (QED) is 0.722. The molecule has 5 nitrogen and oxygen atoms in total. The number of rotatable bonds is 2. The van der Waals surface area contributed by atoms with Crippen LogP contribution in [0.4, 0.5) is 0 Å². The Morgan fingerprint density at radius 1 is 1.29 bits per heavy atom. The van der Waals surface area contributed by atoms with Gasteiger partial charge in [-0.25, -0.2) is 0 Å². The summed E-state index contributed by atoms with van der Waals surface area (Å²) in [6, 6.07) is 8.04. The molecule has 0 radical (unpaired) electrons. The number of amides is 1. The highest BCUT2D eigenvalue weighted by Gasteiger charge is 2.29. The lowest BCUT2D eigenvalue weighted by atomic mass is 10.0. The minimum Gasteiger partial charge on any atom is -0.451 e. The molecule has 0 bridgehead atoms. The largest absolute Gasteiger partial charge is 0.451 e. The van der Waals surface area contributed by atoms with Crippen LogP contribution in [-0.2, 0) is 0 Å². The number of aryl methyl sites for hydroxylation is 2. The van der Waals surface area contributed by atoms with Gasteiger partial charge < -0.3 is 9.32 Å². The lowest BCUT2D eigenvalue weighted by molar-refractivity contribution is 0.0642. The predicted molar refractivity (Wildman–Crippen MR) is 92.1 cm³/mol. The molecule has 1 aromatic carbocycles. The highest BCUT2D eigenvalue weighted by Crippen LogP contribution is 2.28. The molecule has 3 heterocycles. The van der Waals surface area contributed by atoms with Gasteiger partial charge in [0, 0.05) is 30.2 Å². The lowest BCUT2D eigenvalue weighted by Crippen LogP contribution is -2.40. The fourth-order valence-corrected chi connectivity index (χ4v) is 3.51. The molecule has 1 atom stereocenters. The third kappa shape index (κ3) is 2.50. The Morgan fingerprint density at radius 2 is 2.12 bits per heavy atom. The van der Waals surface area contributed by atoms with E-state index in [9.17, 15) is 4.79 Å². The van der Waals surface area contributed by atoms with E-state index < -0.39 is 0 Å². The first-order valence-electron chi connectivity index (χ1n) is 8.41. The molecule has 24 heavy (non-hydrogen) atoms. The number of likely N-dealkylation sites (tertiary alicyclic amines) is 1. The molecular weight excluding hydrogens is 302 g/mol. The number of hydrogen-bond acceptors (Lipinski definition) is 3. The topological polar surface area (TPSA) is 51.3 Å². The van der Waals surface area contributed by atoms with E-state index >= 15 is 0 Å². The van der Waals surface area contributed by atoms with Crippen LogP contribution in [0.5, 0.6) is 0 Å². The van der Waals surface area contributed by atoms with Gasteiger partial charge in [-0.2, -0.15) is 5.10 Å². The van der Waals surface area contributed by atoms with Crippen LogP contribution in [0.15, 0.2) is 41.1 Å². The second-order valence-corrected chi connectivity index (χ2v) is 6.60. The molecule has 1 aliphatic heterocycles. The van der Waals surface area contributed by atoms with Gasteiger partial charge in [0.15, 0.2) is 5.76 Å². The summed E-state index contributed by atoms with van der Waals surface area (Å²) < 4.78 is 7.83. The van der Waals surface area contributed by atoms with E-state index in [-0.39, 0.29) is 11.9 Å². The summed E-state index contributed by atoms with van der Waals surface area (Å²) in [5.74, 6) is 0.450. The molecule has 4 rings (SSSR count). The van der Waals surface area contributed by atoms with Gasteiger partial charge in [-0.3, -0.25) is 9.48 Å². The molecule has 3 aromatic rings. The minimum atomic E-state index is -0.0164. The number of carbonyl (C=O) groups excluding carboxylic acids is 1. The average Bonchev–Trinajstić information content (AvgIpc) is 3.19. The molecule has 1 fully saturated rings. The summed E-state index contributed by atoms with van der Waals surface area (Å²) in [5.41, 5.74) is 2.84. The van der Waals surface area contributed by atoms with Crippen molar-refractivity contribution in [3.05, 3.63) is 53.5 Å². The third-order valence-corrected chi connectivity index (χ3v) is 4.83. The number of aromatic nitrogens is 2. The zero-order chi connectivity index (χ0) is 16.7. The van der Waals surface area contributed by atoms with Crippen molar-refractivity contribution >= 4 is 16.9 Å². The standard InChI is InChI=1S/C19H21N3O2/c1-13-10-20-22(11-13)15-6-5-9-21(12-15)19(23)18-14(2)16-7-3-4-8-17(16)24-18/h3-4,7-8,10-11,15H,5-6,9,12H2,1-2H3/t15-/m0/s1. The Morgan fingerprint density at radius 3 is 2.88 bits per heavy atom. The van der Waals surface area contributed by atoms with Gasteiger partial charge in [0.1, 0.15) is 5.58 Å². The maximum absolute atomic E-state index is 13.0. The van der Waals surface area contributed by atoms with E-state index in [0.717, 1.165) is 41.5 Å². The second-order valence-electron chi connectivity index (χ2n) is 6.60. The van der Waals surface area contributed by atoms with E-state index in [1.807, 2.05) is 60.1 Å². The van der Waals surface area contributed by atoms with Crippen molar-refractivity contribution in [2.45, 2.75) is 32.7 Å². The number of piperidine rings is 1. The van der Waals surface area contributed by atoms with Gasteiger partial charge in [-0.05, 0) is 38.3 Å². The Hall–Kier alpha value is -2.56. The number of nitrogens with zero attached hydrogens (tertiary/aromatic N) is 3. The van der Waals surface area contributed by atoms with Crippen molar-refractivity contribution in [2.75, 3.05) is 13.1 Å². The molecule has 0 N–H and O–H groups in total. The predicted octanol–water partition coefficient (Wildman–Crippen LogP) is 3.72. The molecule has 0 aliphatic carbocycles. The van der Waals surface area contributed by atoms with Crippen molar-refractivity contribution < 1.29 is 9.21 Å². The number of hydrogen-bond donors (Lipinski definition) is 0. The highest BCUT2D eigenvalue weighted by atomic mass is 16.3. The zero-order valence-corrected chi connectivity index (χ0v) is 14.0. The molecule has 1 amide bonds. The van der Waals surface area contributed by atoms with Crippen molar-refractivity contribution in [2.24, 2.45) is 0 Å². The second kappa shape index (κ2) is 5.82. The van der Waals surface area contributed by atoms with E-state index in [4.69, 9.17) is 4.42 Å². The first kappa shape index (κ1) is 15.0. The summed E-state index contributed by atoms with van der Waals surface area (Å²) in [5, 5.41) is 5.42. The van der Waals surface area contributed by atoms with Gasteiger partial charge in [0.05, 0.1) is 12.2 Å². The Labute approximate surface area is 140 Å². The van der Waals surface area contributed by atoms with Crippen LogP contribution in [0.3, 0.4) is 0 Å². The maximum Gasteiger partial charge on any atom is 0.289 e.